The molecule has 0 radical (unpaired) electrons. The number of aryl methyl sites for hydroxylation is 2. The first-order chi connectivity index (χ1) is 25.5. The fourth-order valence-corrected chi connectivity index (χ4v) is 6.15. The minimum atomic E-state index is -1.10. The maximum atomic E-state index is 12.9. The van der Waals surface area contributed by atoms with Gasteiger partial charge in [-0.25, -0.2) is 19.2 Å². The van der Waals surface area contributed by atoms with E-state index in [1.165, 1.54) is 0 Å². The van der Waals surface area contributed by atoms with Crippen LogP contribution in [0.4, 0.5) is 17.1 Å². The van der Waals surface area contributed by atoms with Gasteiger partial charge in [0.15, 0.2) is 0 Å². The van der Waals surface area contributed by atoms with Crippen LogP contribution in [-0.4, -0.2) is 37.1 Å². The van der Waals surface area contributed by atoms with Crippen LogP contribution in [0.5, 0.6) is 11.5 Å². The molecule has 0 fully saturated rings. The van der Waals surface area contributed by atoms with Crippen molar-refractivity contribution in [2.24, 2.45) is 0 Å². The highest BCUT2D eigenvalue weighted by atomic mass is 16.6. The molecular formula is C45H43NO8. The molecular weight excluding hydrogens is 682 g/mol. The van der Waals surface area contributed by atoms with Crippen molar-refractivity contribution < 1.29 is 38.1 Å². The van der Waals surface area contributed by atoms with Gasteiger partial charge in [-0.15, -0.1) is 0 Å². The van der Waals surface area contributed by atoms with Crippen molar-refractivity contribution in [3.05, 3.63) is 150 Å². The lowest BCUT2D eigenvalue weighted by Crippen LogP contribution is -2.38. The first-order valence-electron chi connectivity index (χ1n) is 17.2. The zero-order valence-electron chi connectivity index (χ0n) is 31.5. The van der Waals surface area contributed by atoms with Crippen LogP contribution in [0.1, 0.15) is 49.9 Å². The van der Waals surface area contributed by atoms with Crippen LogP contribution >= 0.6 is 0 Å². The molecule has 5 rings (SSSR count). The molecule has 0 heterocycles. The van der Waals surface area contributed by atoms with Gasteiger partial charge in [-0.1, -0.05) is 56.6 Å². The first-order valence-corrected chi connectivity index (χ1v) is 17.2. The second-order valence-electron chi connectivity index (χ2n) is 13.6. The quantitative estimate of drug-likeness (QED) is 0.0757. The van der Waals surface area contributed by atoms with Crippen LogP contribution in [0.2, 0.25) is 0 Å². The predicted molar refractivity (Wildman–Crippen MR) is 209 cm³/mol. The third-order valence-corrected chi connectivity index (χ3v) is 9.04. The predicted octanol–water partition coefficient (Wildman–Crippen LogP) is 9.24. The molecule has 1 aliphatic carbocycles. The Balaban J connectivity index is 1.72. The van der Waals surface area contributed by atoms with Crippen molar-refractivity contribution in [3.8, 4) is 22.6 Å². The summed E-state index contributed by atoms with van der Waals surface area (Å²) in [5.74, 6) is -1.45. The second kappa shape index (κ2) is 15.6. The molecule has 0 unspecified atom stereocenters. The summed E-state index contributed by atoms with van der Waals surface area (Å²) in [5, 5.41) is 0. The smallest absolute Gasteiger partial charge is 0.338 e. The second-order valence-corrected chi connectivity index (χ2v) is 13.6. The van der Waals surface area contributed by atoms with Crippen LogP contribution in [0.15, 0.2) is 127 Å². The number of benzene rings is 4. The lowest BCUT2D eigenvalue weighted by atomic mass is 9.79. The number of esters is 4. The highest BCUT2D eigenvalue weighted by molar-refractivity contribution is 5.91. The molecule has 9 nitrogen and oxygen atoms in total. The Labute approximate surface area is 315 Å². The van der Waals surface area contributed by atoms with Crippen molar-refractivity contribution in [2.75, 3.05) is 18.1 Å². The van der Waals surface area contributed by atoms with Gasteiger partial charge in [0, 0.05) is 39.4 Å². The molecule has 0 N–H and O–H groups in total. The number of carbonyl (C=O) groups is 4. The SMILES string of the molecule is C=C(C)C(=O)OCC1(COC(=O)C(=C)C)c2ccccc2-c2ccc(N(c3ccc(OC(=O)C(=C)C)c(C)c3)c3ccc(OC(=O)C(=C)C)c(C)c3)cc21. The summed E-state index contributed by atoms with van der Waals surface area (Å²) in [6.07, 6.45) is 0. The zero-order valence-corrected chi connectivity index (χ0v) is 31.5. The van der Waals surface area contributed by atoms with E-state index < -0.39 is 29.3 Å². The zero-order chi connectivity index (χ0) is 39.5. The van der Waals surface area contributed by atoms with E-state index in [9.17, 15) is 19.2 Å². The van der Waals surface area contributed by atoms with E-state index in [1.54, 1.807) is 39.8 Å². The monoisotopic (exact) mass is 725 g/mol. The van der Waals surface area contributed by atoms with E-state index in [0.29, 0.717) is 28.3 Å². The Hall–Kier alpha value is -6.48. The molecule has 0 aliphatic heterocycles. The van der Waals surface area contributed by atoms with Crippen molar-refractivity contribution in [1.82, 2.24) is 0 Å². The standard InChI is InChI=1S/C45H43NO8/c1-26(2)41(47)51-24-45(25-52-42(48)27(3)4)37-14-12-11-13-35(37)36-18-15-34(23-38(36)45)46(32-16-19-39(30(9)21-32)53-43(49)28(5)6)33-17-20-40(31(10)22-33)54-44(50)29(7)8/h11-23H,1,3,5,7,24-25H2,2,4,6,8-10H3. The largest absolute Gasteiger partial charge is 0.461 e. The average molecular weight is 726 g/mol. The van der Waals surface area contributed by atoms with Gasteiger partial charge in [0.2, 0.25) is 0 Å². The Morgan fingerprint density at radius 1 is 0.537 bits per heavy atom. The minimum absolute atomic E-state index is 0.139. The number of anilines is 3. The lowest BCUT2D eigenvalue weighted by molar-refractivity contribution is -0.144. The van der Waals surface area contributed by atoms with Crippen LogP contribution in [0.3, 0.4) is 0 Å². The van der Waals surface area contributed by atoms with Gasteiger partial charge in [0.05, 0.1) is 5.41 Å². The summed E-state index contributed by atoms with van der Waals surface area (Å²) in [7, 11) is 0. The summed E-state index contributed by atoms with van der Waals surface area (Å²) < 4.78 is 22.9. The normalized spacial score (nSPS) is 12.0. The van der Waals surface area contributed by atoms with E-state index in [4.69, 9.17) is 18.9 Å². The summed E-state index contributed by atoms with van der Waals surface area (Å²) in [4.78, 5) is 52.5. The number of rotatable bonds is 13. The van der Waals surface area contributed by atoms with Crippen molar-refractivity contribution in [1.29, 1.82) is 0 Å². The summed E-state index contributed by atoms with van der Waals surface area (Å²) >= 11 is 0. The van der Waals surface area contributed by atoms with Crippen molar-refractivity contribution >= 4 is 40.9 Å². The molecule has 0 atom stereocenters. The average Bonchev–Trinajstić information content (AvgIpc) is 3.40. The van der Waals surface area contributed by atoms with Crippen LogP contribution in [0, 0.1) is 13.8 Å². The summed E-state index contributed by atoms with van der Waals surface area (Å²) in [5.41, 5.74) is 6.82. The van der Waals surface area contributed by atoms with Gasteiger partial charge in [0.25, 0.3) is 0 Å². The van der Waals surface area contributed by atoms with Gasteiger partial charge < -0.3 is 23.8 Å². The molecule has 0 aromatic heterocycles. The molecule has 0 amide bonds. The number of hydrogen-bond donors (Lipinski definition) is 0. The topological polar surface area (TPSA) is 108 Å². The molecule has 0 saturated carbocycles. The number of carbonyl (C=O) groups excluding carboxylic acids is 4. The fraction of sp³-hybridized carbons (Fsp3) is 0.200. The number of ether oxygens (including phenoxy) is 4. The summed E-state index contributed by atoms with van der Waals surface area (Å²) in [6.45, 7) is 24.6. The van der Waals surface area contributed by atoms with E-state index in [2.05, 4.69) is 26.3 Å². The highest BCUT2D eigenvalue weighted by Crippen LogP contribution is 2.52. The van der Waals surface area contributed by atoms with E-state index in [0.717, 1.165) is 33.6 Å². The first kappa shape index (κ1) is 38.7. The van der Waals surface area contributed by atoms with Crippen LogP contribution in [0.25, 0.3) is 11.1 Å². The molecule has 0 spiro atoms. The van der Waals surface area contributed by atoms with Gasteiger partial charge in [-0.3, -0.25) is 0 Å². The van der Waals surface area contributed by atoms with Crippen molar-refractivity contribution in [3.63, 3.8) is 0 Å². The van der Waals surface area contributed by atoms with E-state index in [-0.39, 0.29) is 35.5 Å². The third-order valence-electron chi connectivity index (χ3n) is 9.04. The number of hydrogen-bond acceptors (Lipinski definition) is 9. The maximum Gasteiger partial charge on any atom is 0.338 e. The summed E-state index contributed by atoms with van der Waals surface area (Å²) in [6, 6.07) is 24.6. The van der Waals surface area contributed by atoms with Crippen LogP contribution in [-0.2, 0) is 34.1 Å². The molecule has 1 aliphatic rings. The molecule has 4 aromatic carbocycles. The van der Waals surface area contributed by atoms with Gasteiger partial charge in [-0.05, 0) is 123 Å². The highest BCUT2D eigenvalue weighted by Gasteiger charge is 2.46. The Kier molecular flexibility index (Phi) is 11.2. The van der Waals surface area contributed by atoms with Gasteiger partial charge in [-0.2, -0.15) is 0 Å². The molecule has 54 heavy (non-hydrogen) atoms. The van der Waals surface area contributed by atoms with Gasteiger partial charge >= 0.3 is 23.9 Å². The Morgan fingerprint density at radius 2 is 0.944 bits per heavy atom. The molecule has 0 saturated heterocycles. The Bertz CT molecular complexity index is 2150. The maximum absolute atomic E-state index is 12.9. The Morgan fingerprint density at radius 3 is 1.39 bits per heavy atom. The third kappa shape index (κ3) is 7.80. The van der Waals surface area contributed by atoms with E-state index in [1.807, 2.05) is 85.5 Å². The fourth-order valence-electron chi connectivity index (χ4n) is 6.15. The van der Waals surface area contributed by atoms with Crippen LogP contribution < -0.4 is 14.4 Å². The van der Waals surface area contributed by atoms with Crippen molar-refractivity contribution in [2.45, 2.75) is 47.0 Å². The molecule has 276 valence electrons. The molecule has 9 heteroatoms. The minimum Gasteiger partial charge on any atom is -0.461 e. The molecule has 0 bridgehead atoms. The lowest BCUT2D eigenvalue weighted by Gasteiger charge is -2.32. The number of fused-ring (bicyclic) bond motifs is 3. The van der Waals surface area contributed by atoms with E-state index >= 15 is 0 Å². The number of nitrogens with zero attached hydrogens (tertiary/aromatic N) is 1. The molecule has 4 aromatic rings. The van der Waals surface area contributed by atoms with Gasteiger partial charge in [0.1, 0.15) is 24.7 Å².